The number of nitrogens with one attached hydrogen (secondary N) is 2. The second kappa shape index (κ2) is 23.1. The first-order valence-corrected chi connectivity index (χ1v) is 22.6. The zero-order chi connectivity index (χ0) is 45.2. The van der Waals surface area contributed by atoms with Crippen molar-refractivity contribution < 1.29 is 0 Å². The van der Waals surface area contributed by atoms with Gasteiger partial charge in [-0.3, -0.25) is 14.4 Å². The van der Waals surface area contributed by atoms with Crippen molar-refractivity contribution in [2.24, 2.45) is 38.3 Å². The number of anilines is 2. The van der Waals surface area contributed by atoms with E-state index < -0.39 is 0 Å². The van der Waals surface area contributed by atoms with Crippen molar-refractivity contribution in [2.75, 3.05) is 24.7 Å². The molecule has 0 saturated heterocycles. The minimum Gasteiger partial charge on any atom is -0.364 e. The SMILES string of the molecule is C.CN(C)[C@@H]1CCCC[C@H]1Nc1nn(C)c(=O)c2ccccc12.Cn1nc(Cl)c2ccccc2c1=O.Cn1nc(N[C@@H]2CCCC[C@H]2N)c2ccccc2c1=O.N[C@@H]1CCCC[C@H]1N. The largest absolute Gasteiger partial charge is 0.364 e. The fourth-order valence-corrected chi connectivity index (χ4v) is 9.12. The Morgan fingerprint density at radius 1 is 0.516 bits per heavy atom. The van der Waals surface area contributed by atoms with Crippen molar-refractivity contribution in [2.45, 2.75) is 121 Å². The van der Waals surface area contributed by atoms with Crippen molar-refractivity contribution in [3.8, 4) is 0 Å². The third kappa shape index (κ3) is 12.1. The molecule has 0 spiro atoms. The third-order valence-electron chi connectivity index (χ3n) is 12.6. The summed E-state index contributed by atoms with van der Waals surface area (Å²) in [6.07, 6.45) is 14.1. The number of likely N-dealkylation sites (N-methyl/N-ethyl adjacent to an activating group) is 1. The molecule has 3 saturated carbocycles. The van der Waals surface area contributed by atoms with Crippen LogP contribution in [0, 0.1) is 0 Å². The van der Waals surface area contributed by atoms with Crippen molar-refractivity contribution in [3.05, 3.63) is 109 Å². The Balaban J connectivity index is 0.000000169. The number of hydrogen-bond donors (Lipinski definition) is 5. The topological polar surface area (TPSA) is 210 Å². The number of benzene rings is 3. The summed E-state index contributed by atoms with van der Waals surface area (Å²) in [6, 6.07) is 24.3. The second-order valence-corrected chi connectivity index (χ2v) is 17.6. The van der Waals surface area contributed by atoms with E-state index in [4.69, 9.17) is 28.8 Å². The highest BCUT2D eigenvalue weighted by Crippen LogP contribution is 2.27. The first-order chi connectivity index (χ1) is 30.2. The molecular weight excluding hydrogens is 828 g/mol. The molecule has 16 heteroatoms. The molecule has 3 fully saturated rings. The van der Waals surface area contributed by atoms with Gasteiger partial charge in [0.2, 0.25) is 0 Å². The Hall–Kier alpha value is -5.19. The van der Waals surface area contributed by atoms with E-state index in [-0.39, 0.29) is 48.3 Å². The van der Waals surface area contributed by atoms with Crippen LogP contribution < -0.4 is 44.5 Å². The van der Waals surface area contributed by atoms with Gasteiger partial charge >= 0.3 is 0 Å². The molecule has 3 heterocycles. The number of rotatable bonds is 5. The van der Waals surface area contributed by atoms with E-state index >= 15 is 0 Å². The number of fused-ring (bicyclic) bond motifs is 3. The molecule has 6 atom stereocenters. The maximum absolute atomic E-state index is 12.2. The molecule has 0 bridgehead atoms. The first kappa shape index (κ1) is 49.8. The van der Waals surface area contributed by atoms with Gasteiger partial charge < -0.3 is 32.7 Å². The maximum atomic E-state index is 12.2. The summed E-state index contributed by atoms with van der Waals surface area (Å²) in [5.41, 5.74) is 17.2. The number of aryl methyl sites for hydroxylation is 3. The van der Waals surface area contributed by atoms with Gasteiger partial charge in [-0.25, -0.2) is 14.0 Å². The zero-order valence-corrected chi connectivity index (χ0v) is 38.1. The fraction of sp³-hybridized carbons (Fsp3) is 0.500. The Labute approximate surface area is 381 Å². The van der Waals surface area contributed by atoms with E-state index in [9.17, 15) is 14.4 Å². The smallest absolute Gasteiger partial charge is 0.274 e. The van der Waals surface area contributed by atoms with E-state index in [0.29, 0.717) is 33.4 Å². The molecule has 15 nitrogen and oxygen atoms in total. The minimum absolute atomic E-state index is 0. The lowest BCUT2D eigenvalue weighted by Crippen LogP contribution is -2.45. The van der Waals surface area contributed by atoms with E-state index in [2.05, 4.69) is 44.9 Å². The number of nitrogens with zero attached hydrogens (tertiary/aromatic N) is 7. The van der Waals surface area contributed by atoms with Crippen LogP contribution in [0.2, 0.25) is 5.15 Å². The van der Waals surface area contributed by atoms with Gasteiger partial charge in [0.05, 0.1) is 16.2 Å². The van der Waals surface area contributed by atoms with Gasteiger partial charge in [0.15, 0.2) is 16.8 Å². The number of nitrogens with two attached hydrogens (primary N) is 3. The summed E-state index contributed by atoms with van der Waals surface area (Å²) in [5.74, 6) is 1.57. The van der Waals surface area contributed by atoms with Gasteiger partial charge in [0.1, 0.15) is 0 Å². The van der Waals surface area contributed by atoms with Crippen LogP contribution in [-0.4, -0.2) is 84.6 Å². The van der Waals surface area contributed by atoms with Crippen LogP contribution in [0.15, 0.2) is 87.2 Å². The molecule has 3 aliphatic carbocycles. The van der Waals surface area contributed by atoms with Crippen LogP contribution in [0.4, 0.5) is 11.6 Å². The van der Waals surface area contributed by atoms with Gasteiger partial charge in [0.25, 0.3) is 16.7 Å². The molecule has 9 rings (SSSR count). The Morgan fingerprint density at radius 2 is 0.859 bits per heavy atom. The standard InChI is InChI=1S/C17H24N4O.C15H20N4O.C9H7ClN2O.C6H14N2.CH4/c1-20(2)15-11-7-6-10-14(15)18-16-12-8-4-5-9-13(12)17(22)21(3)19-16;1-19-15(20)11-7-3-2-6-10(11)14(18-19)17-13-9-5-4-8-12(13)16;1-12-9(13)7-5-3-2-4-6(7)8(10)11-12;7-5-3-1-2-4-6(5)8;/h4-5,8-9,14-15H,6-7,10-11H2,1-3H3,(H,18,19);2-3,6-7,12-13H,4-5,8-9,16H2,1H3,(H,17,18);2-5H,1H3;5-6H,1-4,7-8H2;1H4/t14-,15-;12-,13-;;5-,6-;/m11.1./s1. The maximum Gasteiger partial charge on any atom is 0.274 e. The average molecular weight is 898 g/mol. The normalized spacial score (nSPS) is 21.9. The average Bonchev–Trinajstić information content (AvgIpc) is 3.29. The van der Waals surface area contributed by atoms with E-state index in [1.54, 1.807) is 39.3 Å². The van der Waals surface area contributed by atoms with Crippen LogP contribution in [0.25, 0.3) is 32.3 Å². The molecular formula is C48H69ClN12O3. The van der Waals surface area contributed by atoms with Crippen molar-refractivity contribution in [1.82, 2.24) is 34.2 Å². The summed E-state index contributed by atoms with van der Waals surface area (Å²) < 4.78 is 4.06. The Bertz CT molecular complexity index is 2640. The van der Waals surface area contributed by atoms with Crippen molar-refractivity contribution in [3.63, 3.8) is 0 Å². The zero-order valence-electron chi connectivity index (χ0n) is 37.3. The highest BCUT2D eigenvalue weighted by atomic mass is 35.5. The van der Waals surface area contributed by atoms with Crippen LogP contribution in [0.5, 0.6) is 0 Å². The number of halogens is 1. The van der Waals surface area contributed by atoms with Crippen LogP contribution >= 0.6 is 11.6 Å². The van der Waals surface area contributed by atoms with Gasteiger partial charge in [-0.2, -0.15) is 15.3 Å². The molecule has 3 aromatic heterocycles. The molecule has 0 aliphatic heterocycles. The second-order valence-electron chi connectivity index (χ2n) is 17.3. The third-order valence-corrected chi connectivity index (χ3v) is 12.8. The van der Waals surface area contributed by atoms with Gasteiger partial charge in [-0.1, -0.05) is 112 Å². The van der Waals surface area contributed by atoms with Crippen molar-refractivity contribution >= 4 is 55.6 Å². The molecule has 0 amide bonds. The lowest BCUT2D eigenvalue weighted by Gasteiger charge is -2.37. The summed E-state index contributed by atoms with van der Waals surface area (Å²) in [7, 11) is 9.25. The van der Waals surface area contributed by atoms with Crippen LogP contribution in [0.1, 0.15) is 84.5 Å². The number of hydrogen-bond acceptors (Lipinski definition) is 12. The fourth-order valence-electron chi connectivity index (χ4n) is 8.84. The Kier molecular flexibility index (Phi) is 18.0. The summed E-state index contributed by atoms with van der Waals surface area (Å²) >= 11 is 5.86. The molecule has 6 aromatic rings. The van der Waals surface area contributed by atoms with E-state index in [1.807, 2.05) is 54.6 Å². The van der Waals surface area contributed by atoms with Gasteiger partial charge in [-0.05, 0) is 70.8 Å². The quantitative estimate of drug-likeness (QED) is 0.130. The molecule has 3 aromatic carbocycles. The predicted octanol–water partition coefficient (Wildman–Crippen LogP) is 6.27. The van der Waals surface area contributed by atoms with Crippen molar-refractivity contribution in [1.29, 1.82) is 0 Å². The Morgan fingerprint density at radius 3 is 1.30 bits per heavy atom. The minimum atomic E-state index is -0.125. The summed E-state index contributed by atoms with van der Waals surface area (Å²) in [6.45, 7) is 0. The lowest BCUT2D eigenvalue weighted by atomic mass is 9.89. The lowest BCUT2D eigenvalue weighted by molar-refractivity contribution is 0.211. The predicted molar refractivity (Wildman–Crippen MR) is 264 cm³/mol. The van der Waals surface area contributed by atoms with Gasteiger partial charge in [0, 0.05) is 73.6 Å². The number of aromatic nitrogens is 6. The van der Waals surface area contributed by atoms with E-state index in [0.717, 1.165) is 59.9 Å². The van der Waals surface area contributed by atoms with Gasteiger partial charge in [-0.15, -0.1) is 0 Å². The molecule has 3 aliphatic rings. The summed E-state index contributed by atoms with van der Waals surface area (Å²) in [5, 5.41) is 24.6. The molecule has 8 N–H and O–H groups in total. The van der Waals surface area contributed by atoms with Crippen LogP contribution in [0.3, 0.4) is 0 Å². The molecule has 0 unspecified atom stereocenters. The molecule has 346 valence electrons. The van der Waals surface area contributed by atoms with Crippen LogP contribution in [-0.2, 0) is 21.1 Å². The first-order valence-electron chi connectivity index (χ1n) is 22.2. The molecule has 0 radical (unpaired) electrons. The monoisotopic (exact) mass is 897 g/mol. The molecule has 64 heavy (non-hydrogen) atoms. The van der Waals surface area contributed by atoms with E-state index in [1.165, 1.54) is 59.0 Å². The highest BCUT2D eigenvalue weighted by Gasteiger charge is 2.28. The highest BCUT2D eigenvalue weighted by molar-refractivity contribution is 6.34. The summed E-state index contributed by atoms with van der Waals surface area (Å²) in [4.78, 5) is 38.1.